The van der Waals surface area contributed by atoms with E-state index in [1.54, 1.807) is 0 Å². The third-order valence-corrected chi connectivity index (χ3v) is 4.54. The predicted octanol–water partition coefficient (Wildman–Crippen LogP) is 5.55. The molecule has 120 valence electrons. The fourth-order valence-electron chi connectivity index (χ4n) is 3.25. The van der Waals surface area contributed by atoms with Gasteiger partial charge in [0.05, 0.1) is 0 Å². The minimum Gasteiger partial charge on any atom is -0.311 e. The number of hydrogen-bond acceptors (Lipinski definition) is 1. The predicted molar refractivity (Wildman–Crippen MR) is 94.9 cm³/mol. The molecule has 0 aliphatic heterocycles. The van der Waals surface area contributed by atoms with Crippen molar-refractivity contribution in [3.05, 3.63) is 35.9 Å². The smallest absolute Gasteiger partial charge is 0.00968 e. The molecule has 1 heteroatoms. The summed E-state index contributed by atoms with van der Waals surface area (Å²) in [6, 6.07) is 11.1. The highest BCUT2D eigenvalue weighted by Gasteiger charge is 2.32. The molecule has 2 atom stereocenters. The molecular weight excluding hydrogens is 254 g/mol. The molecule has 0 amide bonds. The van der Waals surface area contributed by atoms with E-state index in [2.05, 4.69) is 77.2 Å². The van der Waals surface area contributed by atoms with Crippen LogP contribution in [0.15, 0.2) is 30.3 Å². The molecule has 1 nitrogen and oxygen atoms in total. The van der Waals surface area contributed by atoms with Crippen LogP contribution in [0.1, 0.15) is 72.8 Å². The Kier molecular flexibility index (Phi) is 6.93. The first kappa shape index (κ1) is 18.2. The van der Waals surface area contributed by atoms with Gasteiger partial charge in [0.15, 0.2) is 0 Å². The number of nitrogens with one attached hydrogen (secondary N) is 1. The lowest BCUT2D eigenvalue weighted by atomic mass is 9.71. The molecule has 0 fully saturated rings. The summed E-state index contributed by atoms with van der Waals surface area (Å²) in [6.45, 7) is 14.9. The Morgan fingerprint density at radius 2 is 1.67 bits per heavy atom. The molecule has 0 saturated carbocycles. The van der Waals surface area contributed by atoms with Crippen LogP contribution in [0.25, 0.3) is 0 Å². The van der Waals surface area contributed by atoms with Crippen molar-refractivity contribution in [2.75, 3.05) is 6.54 Å². The van der Waals surface area contributed by atoms with E-state index in [0.717, 1.165) is 12.5 Å². The van der Waals surface area contributed by atoms with E-state index in [0.29, 0.717) is 0 Å². The van der Waals surface area contributed by atoms with Crippen LogP contribution in [0.3, 0.4) is 0 Å². The summed E-state index contributed by atoms with van der Waals surface area (Å²) < 4.78 is 0. The second-order valence-electron chi connectivity index (χ2n) is 7.70. The second-order valence-corrected chi connectivity index (χ2v) is 7.70. The third-order valence-electron chi connectivity index (χ3n) is 4.54. The van der Waals surface area contributed by atoms with E-state index in [4.69, 9.17) is 0 Å². The van der Waals surface area contributed by atoms with Crippen LogP contribution in [0, 0.1) is 5.92 Å². The Bertz CT molecular complexity index is 390. The second kappa shape index (κ2) is 7.98. The van der Waals surface area contributed by atoms with Gasteiger partial charge in [-0.25, -0.2) is 0 Å². The minimum absolute atomic E-state index is 0.170. The molecule has 2 unspecified atom stereocenters. The van der Waals surface area contributed by atoms with Gasteiger partial charge in [-0.15, -0.1) is 0 Å². The molecule has 1 aromatic rings. The fraction of sp³-hybridized carbons (Fsp3) is 0.700. The van der Waals surface area contributed by atoms with Crippen molar-refractivity contribution in [2.45, 2.75) is 78.2 Å². The zero-order valence-electron chi connectivity index (χ0n) is 15.0. The molecule has 1 N–H and O–H groups in total. The fourth-order valence-corrected chi connectivity index (χ4v) is 3.25. The van der Waals surface area contributed by atoms with Crippen LogP contribution in [0.2, 0.25) is 0 Å². The summed E-state index contributed by atoms with van der Waals surface area (Å²) in [5.41, 5.74) is 1.92. The van der Waals surface area contributed by atoms with Gasteiger partial charge in [0.25, 0.3) is 0 Å². The van der Waals surface area contributed by atoms with Crippen molar-refractivity contribution in [3.63, 3.8) is 0 Å². The van der Waals surface area contributed by atoms with Crippen LogP contribution in [-0.4, -0.2) is 12.1 Å². The Hall–Kier alpha value is -0.820. The van der Waals surface area contributed by atoms with Gasteiger partial charge >= 0.3 is 0 Å². The third kappa shape index (κ3) is 5.82. The van der Waals surface area contributed by atoms with Gasteiger partial charge in [-0.05, 0) is 45.1 Å². The topological polar surface area (TPSA) is 12.0 Å². The zero-order valence-corrected chi connectivity index (χ0v) is 15.0. The van der Waals surface area contributed by atoms with Gasteiger partial charge < -0.3 is 5.32 Å². The SMILES string of the molecule is CCCC(C)CC(CC)(CNC(C)(C)C)c1ccccc1. The quantitative estimate of drug-likeness (QED) is 0.661. The van der Waals surface area contributed by atoms with Crippen LogP contribution >= 0.6 is 0 Å². The maximum absolute atomic E-state index is 3.76. The summed E-state index contributed by atoms with van der Waals surface area (Å²) in [6.07, 6.45) is 5.06. The first-order valence-electron chi connectivity index (χ1n) is 8.63. The average Bonchev–Trinajstić information content (AvgIpc) is 2.44. The van der Waals surface area contributed by atoms with Crippen molar-refractivity contribution in [2.24, 2.45) is 5.92 Å². The normalized spacial score (nSPS) is 16.5. The van der Waals surface area contributed by atoms with Crippen molar-refractivity contribution in [3.8, 4) is 0 Å². The van der Waals surface area contributed by atoms with Gasteiger partial charge in [-0.3, -0.25) is 0 Å². The van der Waals surface area contributed by atoms with Gasteiger partial charge in [0, 0.05) is 17.5 Å². The van der Waals surface area contributed by atoms with Gasteiger partial charge in [-0.2, -0.15) is 0 Å². The van der Waals surface area contributed by atoms with E-state index in [9.17, 15) is 0 Å². The Labute approximate surface area is 132 Å². The Morgan fingerprint density at radius 1 is 1.05 bits per heavy atom. The lowest BCUT2D eigenvalue weighted by Gasteiger charge is -2.39. The summed E-state index contributed by atoms with van der Waals surface area (Å²) in [5.74, 6) is 0.775. The molecular formula is C20H35N. The molecule has 0 aliphatic carbocycles. The Balaban J connectivity index is 3.00. The first-order valence-corrected chi connectivity index (χ1v) is 8.63. The van der Waals surface area contributed by atoms with Crippen LogP contribution in [0.4, 0.5) is 0 Å². The molecule has 1 rings (SSSR count). The van der Waals surface area contributed by atoms with E-state index in [1.165, 1.54) is 31.2 Å². The van der Waals surface area contributed by atoms with Gasteiger partial charge in [-0.1, -0.05) is 63.9 Å². The van der Waals surface area contributed by atoms with Crippen LogP contribution in [-0.2, 0) is 5.41 Å². The molecule has 1 aromatic carbocycles. The van der Waals surface area contributed by atoms with Gasteiger partial charge in [0.1, 0.15) is 0 Å². The lowest BCUT2D eigenvalue weighted by Crippen LogP contribution is -2.46. The highest BCUT2D eigenvalue weighted by molar-refractivity contribution is 5.26. The number of rotatable bonds is 8. The molecule has 0 aliphatic rings. The highest BCUT2D eigenvalue weighted by atomic mass is 15.0. The van der Waals surface area contributed by atoms with Crippen LogP contribution < -0.4 is 5.32 Å². The lowest BCUT2D eigenvalue weighted by molar-refractivity contribution is 0.263. The van der Waals surface area contributed by atoms with Crippen molar-refractivity contribution in [1.82, 2.24) is 5.32 Å². The van der Waals surface area contributed by atoms with Gasteiger partial charge in [0.2, 0.25) is 0 Å². The van der Waals surface area contributed by atoms with Crippen molar-refractivity contribution in [1.29, 1.82) is 0 Å². The van der Waals surface area contributed by atoms with Crippen molar-refractivity contribution >= 4 is 0 Å². The maximum atomic E-state index is 3.76. The largest absolute Gasteiger partial charge is 0.311 e. The monoisotopic (exact) mass is 289 g/mol. The van der Waals surface area contributed by atoms with E-state index < -0.39 is 0 Å². The van der Waals surface area contributed by atoms with E-state index in [-0.39, 0.29) is 11.0 Å². The highest BCUT2D eigenvalue weighted by Crippen LogP contribution is 2.36. The zero-order chi connectivity index (χ0) is 15.9. The van der Waals surface area contributed by atoms with E-state index in [1.807, 2.05) is 0 Å². The maximum Gasteiger partial charge on any atom is 0.00968 e. The first-order chi connectivity index (χ1) is 9.83. The Morgan fingerprint density at radius 3 is 2.14 bits per heavy atom. The summed E-state index contributed by atoms with van der Waals surface area (Å²) in [7, 11) is 0. The molecule has 21 heavy (non-hydrogen) atoms. The summed E-state index contributed by atoms with van der Waals surface area (Å²) >= 11 is 0. The minimum atomic E-state index is 0.170. The molecule has 0 spiro atoms. The molecule has 0 radical (unpaired) electrons. The number of benzene rings is 1. The summed E-state index contributed by atoms with van der Waals surface area (Å²) in [4.78, 5) is 0. The van der Waals surface area contributed by atoms with Crippen LogP contribution in [0.5, 0.6) is 0 Å². The summed E-state index contributed by atoms with van der Waals surface area (Å²) in [5, 5.41) is 3.76. The molecule has 0 bridgehead atoms. The number of hydrogen-bond donors (Lipinski definition) is 1. The van der Waals surface area contributed by atoms with E-state index >= 15 is 0 Å². The van der Waals surface area contributed by atoms with Crippen molar-refractivity contribution < 1.29 is 0 Å². The molecule has 0 saturated heterocycles. The standard InChI is InChI=1S/C20H35N/c1-7-12-17(3)15-20(8-2,16-21-19(4,5)6)18-13-10-9-11-14-18/h9-11,13-14,17,21H,7-8,12,15-16H2,1-6H3. The molecule has 0 heterocycles. The molecule has 0 aromatic heterocycles. The average molecular weight is 290 g/mol.